The second-order valence-electron chi connectivity index (χ2n) is 9.76. The zero-order valence-electron chi connectivity index (χ0n) is 19.6. The number of fused-ring (bicyclic) bond motifs is 2. The minimum atomic E-state index is -2.57. The number of carbonyl (C=O) groups excluding carboxylic acids is 2. The maximum absolute atomic E-state index is 12.9. The second-order valence-corrected chi connectivity index (χ2v) is 9.76. The van der Waals surface area contributed by atoms with Crippen molar-refractivity contribution in [3.63, 3.8) is 0 Å². The molecule has 10 nitrogen and oxygen atoms in total. The van der Waals surface area contributed by atoms with Gasteiger partial charge in [-0.15, -0.1) is 5.10 Å². The van der Waals surface area contributed by atoms with Crippen LogP contribution in [0.1, 0.15) is 46.4 Å². The first-order chi connectivity index (χ1) is 17.8. The quantitative estimate of drug-likeness (QED) is 0.376. The van der Waals surface area contributed by atoms with Crippen LogP contribution in [0.5, 0.6) is 11.6 Å². The first-order valence-corrected chi connectivity index (χ1v) is 11.9. The van der Waals surface area contributed by atoms with E-state index < -0.39 is 18.9 Å². The number of nitrogens with zero attached hydrogens (tertiary/aromatic N) is 4. The van der Waals surface area contributed by atoms with Crippen molar-refractivity contribution >= 4 is 22.8 Å². The lowest BCUT2D eigenvalue weighted by Crippen LogP contribution is -2.58. The largest absolute Gasteiger partial charge is 0.486 e. The lowest BCUT2D eigenvalue weighted by molar-refractivity contribution is -0.0848. The standard InChI is InChI=1S/C25H24F2N6O4/c26-20(27)13-36-15-4-5-18-17(11-29-33(18)12-15)23(35)30-14-7-25(8-14)9-16(10-25)37-24-21(22(28)34)19-3-1-2-6-32(19)31-24/h1-6,11-12,14,16,20H,7-10,13H2,(H2,28,34)(H,30,35)/t14-,16-,25?. The molecule has 2 aliphatic rings. The second kappa shape index (κ2) is 8.71. The highest BCUT2D eigenvalue weighted by Crippen LogP contribution is 2.57. The maximum Gasteiger partial charge on any atom is 0.272 e. The normalized spacial score (nSPS) is 22.7. The van der Waals surface area contributed by atoms with Crippen LogP contribution < -0.4 is 20.5 Å². The van der Waals surface area contributed by atoms with Crippen molar-refractivity contribution in [3.05, 3.63) is 60.0 Å². The molecule has 2 fully saturated rings. The van der Waals surface area contributed by atoms with E-state index in [1.165, 1.54) is 23.0 Å². The average Bonchev–Trinajstić information content (AvgIpc) is 3.40. The Balaban J connectivity index is 1.03. The van der Waals surface area contributed by atoms with E-state index in [2.05, 4.69) is 15.5 Å². The third-order valence-corrected chi connectivity index (χ3v) is 7.16. The highest BCUT2D eigenvalue weighted by molar-refractivity contribution is 6.02. The van der Waals surface area contributed by atoms with Gasteiger partial charge < -0.3 is 20.5 Å². The van der Waals surface area contributed by atoms with E-state index >= 15 is 0 Å². The molecule has 2 aliphatic carbocycles. The van der Waals surface area contributed by atoms with E-state index in [1.54, 1.807) is 22.8 Å². The molecule has 0 unspecified atom stereocenters. The van der Waals surface area contributed by atoms with Gasteiger partial charge >= 0.3 is 0 Å². The molecule has 0 atom stereocenters. The fraction of sp³-hybridized carbons (Fsp3) is 0.360. The highest BCUT2D eigenvalue weighted by Gasteiger charge is 2.54. The van der Waals surface area contributed by atoms with Crippen LogP contribution in [0.4, 0.5) is 8.78 Å². The first kappa shape index (κ1) is 23.2. The van der Waals surface area contributed by atoms with Crippen molar-refractivity contribution in [2.24, 2.45) is 11.1 Å². The number of halogens is 2. The van der Waals surface area contributed by atoms with Crippen molar-refractivity contribution in [1.82, 2.24) is 24.5 Å². The molecule has 3 N–H and O–H groups in total. The summed E-state index contributed by atoms with van der Waals surface area (Å²) in [5, 5.41) is 11.6. The van der Waals surface area contributed by atoms with E-state index in [4.69, 9.17) is 15.2 Å². The van der Waals surface area contributed by atoms with Crippen molar-refractivity contribution in [2.45, 2.75) is 44.3 Å². The molecule has 2 saturated carbocycles. The summed E-state index contributed by atoms with van der Waals surface area (Å²) in [6, 6.07) is 8.59. The third kappa shape index (κ3) is 4.21. The number of nitrogens with two attached hydrogens (primary N) is 1. The summed E-state index contributed by atoms with van der Waals surface area (Å²) in [6.07, 6.45) is 5.29. The predicted octanol–water partition coefficient (Wildman–Crippen LogP) is 2.84. The Morgan fingerprint density at radius 3 is 2.70 bits per heavy atom. The summed E-state index contributed by atoms with van der Waals surface area (Å²) in [7, 11) is 0. The highest BCUT2D eigenvalue weighted by atomic mass is 19.3. The van der Waals surface area contributed by atoms with Crippen LogP contribution in [-0.2, 0) is 0 Å². The maximum atomic E-state index is 12.9. The van der Waals surface area contributed by atoms with Crippen LogP contribution in [0.25, 0.3) is 11.0 Å². The number of nitrogens with one attached hydrogen (secondary N) is 1. The van der Waals surface area contributed by atoms with Gasteiger partial charge in [0.25, 0.3) is 18.2 Å². The van der Waals surface area contributed by atoms with Crippen LogP contribution in [0, 0.1) is 5.41 Å². The van der Waals surface area contributed by atoms with Crippen LogP contribution in [-0.4, -0.2) is 56.2 Å². The van der Waals surface area contributed by atoms with Gasteiger partial charge in [-0.1, -0.05) is 6.07 Å². The van der Waals surface area contributed by atoms with Crippen LogP contribution >= 0.6 is 0 Å². The van der Waals surface area contributed by atoms with Crippen molar-refractivity contribution in [1.29, 1.82) is 0 Å². The number of rotatable bonds is 8. The van der Waals surface area contributed by atoms with Gasteiger partial charge in [0.05, 0.1) is 29.0 Å². The monoisotopic (exact) mass is 510 g/mol. The summed E-state index contributed by atoms with van der Waals surface area (Å²) >= 11 is 0. The molecule has 4 aromatic rings. The van der Waals surface area contributed by atoms with Gasteiger partial charge in [-0.05, 0) is 55.4 Å². The number of hydrogen-bond donors (Lipinski definition) is 2. The molecule has 0 bridgehead atoms. The van der Waals surface area contributed by atoms with Gasteiger partial charge in [-0.2, -0.15) is 5.10 Å². The predicted molar refractivity (Wildman–Crippen MR) is 127 cm³/mol. The number of aromatic nitrogens is 4. The fourth-order valence-electron chi connectivity index (χ4n) is 5.51. The molecule has 0 radical (unpaired) electrons. The molecule has 6 rings (SSSR count). The molecule has 4 heterocycles. The van der Waals surface area contributed by atoms with Crippen molar-refractivity contribution in [3.8, 4) is 11.6 Å². The summed E-state index contributed by atoms with van der Waals surface area (Å²) in [5.74, 6) is -0.323. The summed E-state index contributed by atoms with van der Waals surface area (Å²) < 4.78 is 38.8. The number of hydrogen-bond acceptors (Lipinski definition) is 6. The Morgan fingerprint density at radius 1 is 1.14 bits per heavy atom. The molecular weight excluding hydrogens is 486 g/mol. The Hall–Kier alpha value is -4.22. The number of ether oxygens (including phenoxy) is 2. The zero-order valence-corrected chi connectivity index (χ0v) is 19.6. The number of pyridine rings is 2. The zero-order chi connectivity index (χ0) is 25.7. The minimum absolute atomic E-state index is 0.0356. The number of carbonyl (C=O) groups is 2. The van der Waals surface area contributed by atoms with Crippen molar-refractivity contribution < 1.29 is 27.8 Å². The van der Waals surface area contributed by atoms with Gasteiger partial charge in [-0.3, -0.25) is 9.59 Å². The Kier molecular flexibility index (Phi) is 5.46. The van der Waals surface area contributed by atoms with Gasteiger partial charge in [0.2, 0.25) is 5.88 Å². The lowest BCUT2D eigenvalue weighted by atomic mass is 9.53. The van der Waals surface area contributed by atoms with Crippen LogP contribution in [0.3, 0.4) is 0 Å². The molecule has 2 amide bonds. The number of alkyl halides is 2. The Labute approximate surface area is 209 Å². The molecule has 4 aromatic heterocycles. The number of amides is 2. The van der Waals surface area contributed by atoms with Gasteiger partial charge in [0.15, 0.2) is 0 Å². The minimum Gasteiger partial charge on any atom is -0.486 e. The summed E-state index contributed by atoms with van der Waals surface area (Å²) in [4.78, 5) is 24.8. The molecule has 0 aromatic carbocycles. The third-order valence-electron chi connectivity index (χ3n) is 7.16. The summed E-state index contributed by atoms with van der Waals surface area (Å²) in [5.41, 5.74) is 7.53. The van der Waals surface area contributed by atoms with E-state index in [9.17, 15) is 18.4 Å². The summed E-state index contributed by atoms with van der Waals surface area (Å²) in [6.45, 7) is -0.708. The van der Waals surface area contributed by atoms with Crippen LogP contribution in [0.15, 0.2) is 48.9 Å². The molecule has 0 saturated heterocycles. The van der Waals surface area contributed by atoms with Crippen LogP contribution in [0.2, 0.25) is 0 Å². The van der Waals surface area contributed by atoms with Gasteiger partial charge in [-0.25, -0.2) is 17.8 Å². The Bertz CT molecular complexity index is 1500. The first-order valence-electron chi connectivity index (χ1n) is 11.9. The van der Waals surface area contributed by atoms with E-state index in [0.717, 1.165) is 25.7 Å². The average molecular weight is 511 g/mol. The molecule has 0 aliphatic heterocycles. The topological polar surface area (TPSA) is 125 Å². The van der Waals surface area contributed by atoms with E-state index in [0.29, 0.717) is 16.6 Å². The fourth-order valence-corrected chi connectivity index (χ4v) is 5.51. The molecule has 12 heteroatoms. The molecule has 192 valence electrons. The van der Waals surface area contributed by atoms with Crippen molar-refractivity contribution in [2.75, 3.05) is 6.61 Å². The van der Waals surface area contributed by atoms with E-state index in [-0.39, 0.29) is 40.7 Å². The smallest absolute Gasteiger partial charge is 0.272 e. The number of primary amides is 1. The van der Waals surface area contributed by atoms with Gasteiger partial charge in [0.1, 0.15) is 24.0 Å². The molecule has 37 heavy (non-hydrogen) atoms. The van der Waals surface area contributed by atoms with E-state index in [1.807, 2.05) is 12.1 Å². The molecule has 1 spiro atoms. The molecular formula is C25H24F2N6O4. The lowest BCUT2D eigenvalue weighted by Gasteiger charge is -2.57. The van der Waals surface area contributed by atoms with Gasteiger partial charge in [0, 0.05) is 12.2 Å². The Morgan fingerprint density at radius 2 is 1.95 bits per heavy atom. The SMILES string of the molecule is NC(=O)c1c(O[C@H]2CC3(C[C@H](NC(=O)c4cnn5cc(OCC(F)F)ccc45)C3)C2)nn2ccccc12.